The van der Waals surface area contributed by atoms with Gasteiger partial charge in [0.05, 0.1) is 20.3 Å². The second-order valence-corrected chi connectivity index (χ2v) is 7.68. The molecule has 5 heteroatoms. The van der Waals surface area contributed by atoms with Crippen LogP contribution in [0.2, 0.25) is 0 Å². The maximum atomic E-state index is 13.3. The summed E-state index contributed by atoms with van der Waals surface area (Å²) >= 11 is 0. The van der Waals surface area contributed by atoms with E-state index in [1.165, 1.54) is 7.11 Å². The van der Waals surface area contributed by atoms with Crippen LogP contribution in [-0.4, -0.2) is 38.9 Å². The van der Waals surface area contributed by atoms with Crippen molar-refractivity contribution >= 4 is 11.9 Å². The average Bonchev–Trinajstić information content (AvgIpc) is 2.91. The van der Waals surface area contributed by atoms with Gasteiger partial charge in [0.2, 0.25) is 0 Å². The summed E-state index contributed by atoms with van der Waals surface area (Å²) in [5, 5.41) is 0. The van der Waals surface area contributed by atoms with Crippen LogP contribution < -0.4 is 0 Å². The van der Waals surface area contributed by atoms with Crippen LogP contribution in [0.4, 0.5) is 0 Å². The summed E-state index contributed by atoms with van der Waals surface area (Å²) in [5.74, 6) is -1.05. The maximum Gasteiger partial charge on any atom is 0.321 e. The summed E-state index contributed by atoms with van der Waals surface area (Å²) < 4.78 is 16.6. The summed E-state index contributed by atoms with van der Waals surface area (Å²) in [4.78, 5) is 25.6. The predicted octanol–water partition coefficient (Wildman–Crippen LogP) is 2.67. The summed E-state index contributed by atoms with van der Waals surface area (Å²) in [6, 6.07) is 5.91. The summed E-state index contributed by atoms with van der Waals surface area (Å²) in [6.07, 6.45) is 6.06. The second-order valence-electron chi connectivity index (χ2n) is 7.68. The minimum Gasteiger partial charge on any atom is -0.468 e. The normalized spacial score (nSPS) is 33.0. The van der Waals surface area contributed by atoms with Crippen LogP contribution in [0.5, 0.6) is 0 Å². The first kappa shape index (κ1) is 17.3. The number of benzene rings is 1. The van der Waals surface area contributed by atoms with E-state index in [0.717, 1.165) is 29.5 Å². The van der Waals surface area contributed by atoms with E-state index in [2.05, 4.69) is 6.92 Å². The number of esters is 2. The SMILES string of the molecule is COC(=O)[C@@H]1C=C[C@]23C(=O)OCCCCOC[C@@]2(C)Cc2cccc1c23. The van der Waals surface area contributed by atoms with Crippen LogP contribution in [-0.2, 0) is 35.6 Å². The number of hydrogen-bond acceptors (Lipinski definition) is 5. The molecule has 1 aromatic rings. The maximum absolute atomic E-state index is 13.3. The third-order valence-electron chi connectivity index (χ3n) is 6.10. The van der Waals surface area contributed by atoms with E-state index in [1.54, 1.807) is 6.08 Å². The molecule has 3 aliphatic rings. The fourth-order valence-corrected chi connectivity index (χ4v) is 4.79. The Labute approximate surface area is 153 Å². The molecule has 0 radical (unpaired) electrons. The van der Waals surface area contributed by atoms with Gasteiger partial charge in [-0.05, 0) is 36.0 Å². The first-order valence-corrected chi connectivity index (χ1v) is 9.18. The number of cyclic esters (lactones) is 1. The summed E-state index contributed by atoms with van der Waals surface area (Å²) in [5.41, 5.74) is 1.48. The monoisotopic (exact) mass is 356 g/mol. The van der Waals surface area contributed by atoms with E-state index in [9.17, 15) is 9.59 Å². The Balaban J connectivity index is 1.92. The van der Waals surface area contributed by atoms with Gasteiger partial charge in [-0.3, -0.25) is 9.59 Å². The molecule has 0 amide bonds. The predicted molar refractivity (Wildman–Crippen MR) is 94.8 cm³/mol. The van der Waals surface area contributed by atoms with Crippen LogP contribution in [0.25, 0.3) is 0 Å². The lowest BCUT2D eigenvalue weighted by molar-refractivity contribution is -0.156. The number of methoxy groups -OCH3 is 1. The van der Waals surface area contributed by atoms with E-state index in [0.29, 0.717) is 26.2 Å². The lowest BCUT2D eigenvalue weighted by Gasteiger charge is -2.43. The lowest BCUT2D eigenvalue weighted by Crippen LogP contribution is -2.51. The smallest absolute Gasteiger partial charge is 0.321 e. The minimum atomic E-state index is -0.916. The standard InChI is InChI=1S/C21H24O5/c1-20-12-14-6-5-7-15-16(18(22)24-2)8-9-21(20,17(14)15)19(23)26-11-4-3-10-25-13-20/h5-9,16H,3-4,10-13H2,1-2H3/t16-,20-,21+/m1/s1. The van der Waals surface area contributed by atoms with Crippen molar-refractivity contribution < 1.29 is 23.8 Å². The highest BCUT2D eigenvalue weighted by atomic mass is 16.5. The molecule has 1 saturated heterocycles. The van der Waals surface area contributed by atoms with Gasteiger partial charge in [-0.1, -0.05) is 37.3 Å². The molecule has 0 bridgehead atoms. The molecule has 0 N–H and O–H groups in total. The molecule has 0 saturated carbocycles. The first-order chi connectivity index (χ1) is 12.5. The number of rotatable bonds is 1. The van der Waals surface area contributed by atoms with Gasteiger partial charge in [0.15, 0.2) is 0 Å². The third-order valence-corrected chi connectivity index (χ3v) is 6.10. The highest BCUT2D eigenvalue weighted by Crippen LogP contribution is 2.58. The molecular weight excluding hydrogens is 332 g/mol. The minimum absolute atomic E-state index is 0.240. The second kappa shape index (κ2) is 6.23. The first-order valence-electron chi connectivity index (χ1n) is 9.18. The number of ether oxygens (including phenoxy) is 3. The number of carbonyl (C=O) groups is 2. The quantitative estimate of drug-likeness (QED) is 0.572. The van der Waals surface area contributed by atoms with Crippen molar-refractivity contribution in [1.82, 2.24) is 0 Å². The Morgan fingerprint density at radius 3 is 2.88 bits per heavy atom. The van der Waals surface area contributed by atoms with Crippen LogP contribution in [0.1, 0.15) is 42.4 Å². The number of hydrogen-bond donors (Lipinski definition) is 0. The van der Waals surface area contributed by atoms with Gasteiger partial charge < -0.3 is 14.2 Å². The summed E-state index contributed by atoms with van der Waals surface area (Å²) in [7, 11) is 1.39. The van der Waals surface area contributed by atoms with E-state index in [-0.39, 0.29) is 11.9 Å². The Bertz CT molecular complexity index is 783. The van der Waals surface area contributed by atoms with Crippen LogP contribution in [0.3, 0.4) is 0 Å². The van der Waals surface area contributed by atoms with Crippen molar-refractivity contribution in [2.24, 2.45) is 5.41 Å². The fourth-order valence-electron chi connectivity index (χ4n) is 4.79. The molecule has 1 spiro atoms. The fraction of sp³-hybridized carbons (Fsp3) is 0.524. The molecule has 26 heavy (non-hydrogen) atoms. The van der Waals surface area contributed by atoms with Crippen molar-refractivity contribution in [3.8, 4) is 0 Å². The Kier molecular flexibility index (Phi) is 4.14. The number of carbonyl (C=O) groups excluding carboxylic acids is 2. The molecule has 138 valence electrons. The molecule has 1 aliphatic heterocycles. The van der Waals surface area contributed by atoms with E-state index in [4.69, 9.17) is 14.2 Å². The zero-order chi connectivity index (χ0) is 18.4. The van der Waals surface area contributed by atoms with Gasteiger partial charge in [0.1, 0.15) is 11.3 Å². The van der Waals surface area contributed by atoms with Gasteiger partial charge in [-0.25, -0.2) is 0 Å². The third kappa shape index (κ3) is 2.26. The largest absolute Gasteiger partial charge is 0.468 e. The van der Waals surface area contributed by atoms with E-state index >= 15 is 0 Å². The van der Waals surface area contributed by atoms with Gasteiger partial charge >= 0.3 is 11.9 Å². The van der Waals surface area contributed by atoms with Gasteiger partial charge in [-0.15, -0.1) is 0 Å². The summed E-state index contributed by atoms with van der Waals surface area (Å²) in [6.45, 7) is 3.62. The van der Waals surface area contributed by atoms with Gasteiger partial charge in [0.25, 0.3) is 0 Å². The van der Waals surface area contributed by atoms with Crippen molar-refractivity contribution in [3.63, 3.8) is 0 Å². The molecule has 1 heterocycles. The van der Waals surface area contributed by atoms with Crippen molar-refractivity contribution in [2.45, 2.75) is 37.5 Å². The Morgan fingerprint density at radius 2 is 2.08 bits per heavy atom. The zero-order valence-electron chi connectivity index (χ0n) is 15.2. The van der Waals surface area contributed by atoms with Gasteiger partial charge in [-0.2, -0.15) is 0 Å². The molecule has 1 aromatic carbocycles. The molecule has 4 rings (SSSR count). The van der Waals surface area contributed by atoms with Crippen molar-refractivity contribution in [1.29, 1.82) is 0 Å². The topological polar surface area (TPSA) is 61.8 Å². The van der Waals surface area contributed by atoms with Crippen LogP contribution >= 0.6 is 0 Å². The molecule has 3 atom stereocenters. The molecular formula is C21H24O5. The van der Waals surface area contributed by atoms with Gasteiger partial charge in [0, 0.05) is 12.0 Å². The van der Waals surface area contributed by atoms with E-state index < -0.39 is 16.7 Å². The molecule has 5 nitrogen and oxygen atoms in total. The molecule has 2 aliphatic carbocycles. The highest BCUT2D eigenvalue weighted by molar-refractivity contribution is 5.93. The Hall–Kier alpha value is -2.14. The van der Waals surface area contributed by atoms with E-state index in [1.807, 2.05) is 24.3 Å². The van der Waals surface area contributed by atoms with Crippen LogP contribution in [0, 0.1) is 5.41 Å². The van der Waals surface area contributed by atoms with Crippen molar-refractivity contribution in [3.05, 3.63) is 47.0 Å². The average molecular weight is 356 g/mol. The van der Waals surface area contributed by atoms with Crippen molar-refractivity contribution in [2.75, 3.05) is 26.9 Å². The Morgan fingerprint density at radius 1 is 1.27 bits per heavy atom. The zero-order valence-corrected chi connectivity index (χ0v) is 15.2. The lowest BCUT2D eigenvalue weighted by atomic mass is 9.61. The molecule has 1 fully saturated rings. The molecule has 0 unspecified atom stereocenters. The van der Waals surface area contributed by atoms with Crippen LogP contribution in [0.15, 0.2) is 30.4 Å². The molecule has 0 aromatic heterocycles. The highest BCUT2D eigenvalue weighted by Gasteiger charge is 2.62.